The Morgan fingerprint density at radius 1 is 0.886 bits per heavy atom. The summed E-state index contributed by atoms with van der Waals surface area (Å²) < 4.78 is 2.28. The average Bonchev–Trinajstić information content (AvgIpc) is 3.21. The fourth-order valence-electron chi connectivity index (χ4n) is 4.52. The Morgan fingerprint density at radius 2 is 1.57 bits per heavy atom. The van der Waals surface area contributed by atoms with Gasteiger partial charge in [-0.2, -0.15) is 0 Å². The highest BCUT2D eigenvalue weighted by molar-refractivity contribution is 6.33. The fraction of sp³-hybridized carbons (Fsp3) is 0.133. The molecular weight excluding hydrogens is 456 g/mol. The summed E-state index contributed by atoms with van der Waals surface area (Å²) >= 11 is 6.47. The van der Waals surface area contributed by atoms with Crippen LogP contribution in [0.3, 0.4) is 0 Å². The van der Waals surface area contributed by atoms with Gasteiger partial charge in [-0.3, -0.25) is 0 Å². The normalized spacial score (nSPS) is 11.1. The molecule has 1 aromatic heterocycles. The van der Waals surface area contributed by atoms with Crippen molar-refractivity contribution in [3.8, 4) is 22.3 Å². The van der Waals surface area contributed by atoms with Crippen molar-refractivity contribution in [2.45, 2.75) is 26.3 Å². The van der Waals surface area contributed by atoms with Crippen molar-refractivity contribution in [1.29, 1.82) is 0 Å². The summed E-state index contributed by atoms with van der Waals surface area (Å²) in [6.07, 6.45) is 1.89. The lowest BCUT2D eigenvalue weighted by Gasteiger charge is -2.12. The summed E-state index contributed by atoms with van der Waals surface area (Å²) in [7, 11) is 0. The van der Waals surface area contributed by atoms with Crippen LogP contribution in [0, 0.1) is 0 Å². The molecule has 0 unspecified atom stereocenters. The van der Waals surface area contributed by atoms with Crippen LogP contribution in [0.15, 0.2) is 91.0 Å². The molecule has 1 N–H and O–H groups in total. The molecule has 0 aliphatic carbocycles. The molecule has 35 heavy (non-hydrogen) atoms. The van der Waals surface area contributed by atoms with E-state index in [0.717, 1.165) is 62.5 Å². The number of carbonyl (C=O) groups is 1. The van der Waals surface area contributed by atoms with Crippen molar-refractivity contribution in [3.63, 3.8) is 0 Å². The number of aryl methyl sites for hydroxylation is 1. The maximum absolute atomic E-state index is 11.6. The second-order valence-electron chi connectivity index (χ2n) is 8.60. The van der Waals surface area contributed by atoms with Gasteiger partial charge in [-0.25, -0.2) is 9.78 Å². The van der Waals surface area contributed by atoms with Gasteiger partial charge >= 0.3 is 5.97 Å². The number of aromatic nitrogens is 2. The van der Waals surface area contributed by atoms with Crippen LogP contribution < -0.4 is 0 Å². The standard InChI is InChI=1S/C30H25ClN2O2/c1-2-7-29-32-27-17-16-22(24-9-5-6-11-26(24)31)18-28(27)33(29)19-20-12-14-21(15-13-20)23-8-3-4-10-25(23)30(34)35/h3-6,8-18H,2,7,19H2,1H3,(H,34,35). The van der Waals surface area contributed by atoms with Crippen LogP contribution in [0.2, 0.25) is 5.02 Å². The van der Waals surface area contributed by atoms with E-state index in [-0.39, 0.29) is 0 Å². The summed E-state index contributed by atoms with van der Waals surface area (Å²) in [5, 5.41) is 10.3. The Kier molecular flexibility index (Phi) is 6.39. The van der Waals surface area contributed by atoms with Gasteiger partial charge in [0.25, 0.3) is 0 Å². The van der Waals surface area contributed by atoms with Gasteiger partial charge in [0.1, 0.15) is 5.82 Å². The van der Waals surface area contributed by atoms with Gasteiger partial charge in [0, 0.05) is 23.6 Å². The predicted molar refractivity (Wildman–Crippen MR) is 142 cm³/mol. The van der Waals surface area contributed by atoms with E-state index in [1.165, 1.54) is 0 Å². The number of aromatic carboxylic acids is 1. The Hall–Kier alpha value is -3.89. The van der Waals surface area contributed by atoms with Crippen molar-refractivity contribution in [2.75, 3.05) is 0 Å². The van der Waals surface area contributed by atoms with Gasteiger partial charge in [-0.05, 0) is 52.9 Å². The second kappa shape index (κ2) is 9.77. The van der Waals surface area contributed by atoms with E-state index in [1.807, 2.05) is 48.5 Å². The molecule has 0 aliphatic heterocycles. The molecule has 0 fully saturated rings. The number of rotatable bonds is 7. The monoisotopic (exact) mass is 480 g/mol. The molecule has 174 valence electrons. The molecule has 0 saturated carbocycles. The number of carboxylic acid groups (broad SMARTS) is 1. The molecule has 0 radical (unpaired) electrons. The third kappa shape index (κ3) is 4.58. The third-order valence-electron chi connectivity index (χ3n) is 6.25. The van der Waals surface area contributed by atoms with Crippen molar-refractivity contribution in [3.05, 3.63) is 113 Å². The topological polar surface area (TPSA) is 55.1 Å². The minimum atomic E-state index is -0.923. The van der Waals surface area contributed by atoms with E-state index in [2.05, 4.69) is 41.8 Å². The van der Waals surface area contributed by atoms with Gasteiger partial charge in [0.2, 0.25) is 0 Å². The van der Waals surface area contributed by atoms with Gasteiger partial charge in [-0.1, -0.05) is 85.3 Å². The number of fused-ring (bicyclic) bond motifs is 1. The van der Waals surface area contributed by atoms with Crippen molar-refractivity contribution in [1.82, 2.24) is 9.55 Å². The van der Waals surface area contributed by atoms with Crippen molar-refractivity contribution in [2.24, 2.45) is 0 Å². The molecule has 0 amide bonds. The number of nitrogens with zero attached hydrogens (tertiary/aromatic N) is 2. The quantitative estimate of drug-likeness (QED) is 0.259. The van der Waals surface area contributed by atoms with Crippen LogP contribution in [-0.4, -0.2) is 20.6 Å². The zero-order chi connectivity index (χ0) is 24.4. The first-order chi connectivity index (χ1) is 17.0. The third-order valence-corrected chi connectivity index (χ3v) is 6.58. The SMILES string of the molecule is CCCc1nc2ccc(-c3ccccc3Cl)cc2n1Cc1ccc(-c2ccccc2C(=O)O)cc1. The minimum Gasteiger partial charge on any atom is -0.478 e. The Labute approximate surface area is 209 Å². The van der Waals surface area contributed by atoms with E-state index in [1.54, 1.807) is 12.1 Å². The molecule has 1 heterocycles. The number of imidazole rings is 1. The number of halogens is 1. The smallest absolute Gasteiger partial charge is 0.336 e. The molecule has 0 bridgehead atoms. The maximum Gasteiger partial charge on any atom is 0.336 e. The lowest BCUT2D eigenvalue weighted by atomic mass is 9.98. The largest absolute Gasteiger partial charge is 0.478 e. The lowest BCUT2D eigenvalue weighted by Crippen LogP contribution is -2.05. The summed E-state index contributed by atoms with van der Waals surface area (Å²) in [6, 6.07) is 29.4. The molecular formula is C30H25ClN2O2. The van der Waals surface area contributed by atoms with Gasteiger partial charge in [0.05, 0.1) is 16.6 Å². The van der Waals surface area contributed by atoms with Crippen LogP contribution >= 0.6 is 11.6 Å². The van der Waals surface area contributed by atoms with E-state index in [0.29, 0.717) is 12.1 Å². The van der Waals surface area contributed by atoms with Gasteiger partial charge < -0.3 is 9.67 Å². The summed E-state index contributed by atoms with van der Waals surface area (Å²) in [4.78, 5) is 16.5. The Morgan fingerprint density at radius 3 is 2.29 bits per heavy atom. The second-order valence-corrected chi connectivity index (χ2v) is 9.00. The number of hydrogen-bond acceptors (Lipinski definition) is 2. The van der Waals surface area contributed by atoms with Crippen molar-refractivity contribution < 1.29 is 9.90 Å². The van der Waals surface area contributed by atoms with E-state index in [4.69, 9.17) is 16.6 Å². The van der Waals surface area contributed by atoms with Crippen LogP contribution in [0.4, 0.5) is 0 Å². The first kappa shape index (κ1) is 22.9. The molecule has 0 aliphatic rings. The van der Waals surface area contributed by atoms with Crippen molar-refractivity contribution >= 4 is 28.6 Å². The van der Waals surface area contributed by atoms with Gasteiger partial charge in [-0.15, -0.1) is 0 Å². The fourth-order valence-corrected chi connectivity index (χ4v) is 4.76. The minimum absolute atomic E-state index is 0.304. The summed E-state index contributed by atoms with van der Waals surface area (Å²) in [5.74, 6) is 0.132. The van der Waals surface area contributed by atoms with E-state index in [9.17, 15) is 9.90 Å². The average molecular weight is 481 g/mol. The molecule has 4 aromatic carbocycles. The Balaban J connectivity index is 1.53. The number of benzene rings is 4. The maximum atomic E-state index is 11.6. The molecule has 5 heteroatoms. The van der Waals surface area contributed by atoms with Gasteiger partial charge in [0.15, 0.2) is 0 Å². The first-order valence-corrected chi connectivity index (χ1v) is 12.1. The van der Waals surface area contributed by atoms with E-state index >= 15 is 0 Å². The summed E-state index contributed by atoms with van der Waals surface area (Å²) in [5.41, 5.74) is 7.14. The van der Waals surface area contributed by atoms with Crippen LogP contribution in [0.1, 0.15) is 35.1 Å². The predicted octanol–water partition coefficient (Wildman–Crippen LogP) is 7.72. The zero-order valence-electron chi connectivity index (χ0n) is 19.4. The lowest BCUT2D eigenvalue weighted by molar-refractivity contribution is 0.0697. The number of hydrogen-bond donors (Lipinski definition) is 1. The van der Waals surface area contributed by atoms with Crippen LogP contribution in [0.25, 0.3) is 33.3 Å². The molecule has 0 spiro atoms. The highest BCUT2D eigenvalue weighted by Gasteiger charge is 2.14. The summed E-state index contributed by atoms with van der Waals surface area (Å²) in [6.45, 7) is 2.84. The highest BCUT2D eigenvalue weighted by atomic mass is 35.5. The molecule has 5 rings (SSSR count). The molecule has 4 nitrogen and oxygen atoms in total. The van der Waals surface area contributed by atoms with E-state index < -0.39 is 5.97 Å². The highest BCUT2D eigenvalue weighted by Crippen LogP contribution is 2.31. The first-order valence-electron chi connectivity index (χ1n) is 11.7. The molecule has 5 aromatic rings. The zero-order valence-corrected chi connectivity index (χ0v) is 20.2. The molecule has 0 saturated heterocycles. The molecule has 0 atom stereocenters. The van der Waals surface area contributed by atoms with Crippen LogP contribution in [-0.2, 0) is 13.0 Å². The number of carboxylic acids is 1. The Bertz CT molecular complexity index is 1520. The van der Waals surface area contributed by atoms with Crippen LogP contribution in [0.5, 0.6) is 0 Å².